The fraction of sp³-hybridized carbons (Fsp3) is 0.522. The lowest BCUT2D eigenvalue weighted by molar-refractivity contribution is 0.239. The van der Waals surface area contributed by atoms with Crippen molar-refractivity contribution < 1.29 is 4.74 Å². The average molecular weight is 430 g/mol. The lowest BCUT2D eigenvalue weighted by Gasteiger charge is -2.30. The number of nitrogens with zero attached hydrogens (tertiary/aromatic N) is 3. The fourth-order valence-corrected chi connectivity index (χ4v) is 4.98. The first-order valence-electron chi connectivity index (χ1n) is 10.6. The van der Waals surface area contributed by atoms with Crippen molar-refractivity contribution in [1.29, 1.82) is 0 Å². The molecule has 2 unspecified atom stereocenters. The summed E-state index contributed by atoms with van der Waals surface area (Å²) in [6, 6.07) is 13.2. The zero-order valence-corrected chi connectivity index (χ0v) is 19.4. The van der Waals surface area contributed by atoms with Crippen LogP contribution in [0.5, 0.6) is 5.75 Å². The Balaban J connectivity index is 1.66. The molecular formula is C23H35N5OS. The number of para-hydroxylation sites is 1. The van der Waals surface area contributed by atoms with Crippen LogP contribution in [0.2, 0.25) is 0 Å². The second kappa shape index (κ2) is 11.3. The van der Waals surface area contributed by atoms with Gasteiger partial charge in [-0.15, -0.1) is 11.3 Å². The van der Waals surface area contributed by atoms with Crippen molar-refractivity contribution in [2.75, 3.05) is 54.4 Å². The molecule has 2 heterocycles. The van der Waals surface area contributed by atoms with Crippen LogP contribution in [0.15, 0.2) is 46.8 Å². The van der Waals surface area contributed by atoms with Crippen molar-refractivity contribution in [3.8, 4) is 5.75 Å². The van der Waals surface area contributed by atoms with E-state index in [1.807, 2.05) is 19.2 Å². The summed E-state index contributed by atoms with van der Waals surface area (Å²) in [4.78, 5) is 10.6. The monoisotopic (exact) mass is 429 g/mol. The number of hydrogen-bond donors (Lipinski definition) is 2. The van der Waals surface area contributed by atoms with Gasteiger partial charge in [0.05, 0.1) is 19.2 Å². The summed E-state index contributed by atoms with van der Waals surface area (Å²) in [6.07, 6.45) is 2.51. The zero-order chi connectivity index (χ0) is 21.3. The maximum Gasteiger partial charge on any atom is 0.191 e. The Morgan fingerprint density at radius 2 is 1.87 bits per heavy atom. The number of guanidine groups is 1. The second-order valence-electron chi connectivity index (χ2n) is 7.83. The minimum Gasteiger partial charge on any atom is -0.496 e. The van der Waals surface area contributed by atoms with E-state index < -0.39 is 0 Å². The van der Waals surface area contributed by atoms with Crippen LogP contribution in [0.3, 0.4) is 0 Å². The number of rotatable bonds is 9. The summed E-state index contributed by atoms with van der Waals surface area (Å²) in [5, 5.41) is 9.21. The molecule has 0 radical (unpaired) electrons. The molecule has 164 valence electrons. The Hall–Kier alpha value is -2.09. The van der Waals surface area contributed by atoms with Crippen LogP contribution < -0.4 is 15.4 Å². The van der Waals surface area contributed by atoms with Crippen molar-refractivity contribution in [2.24, 2.45) is 4.99 Å². The molecule has 1 aromatic carbocycles. The summed E-state index contributed by atoms with van der Waals surface area (Å²) in [5.74, 6) is 1.78. The van der Waals surface area contributed by atoms with E-state index in [2.05, 4.69) is 69.2 Å². The van der Waals surface area contributed by atoms with Gasteiger partial charge < -0.3 is 20.3 Å². The highest BCUT2D eigenvalue weighted by Crippen LogP contribution is 2.31. The van der Waals surface area contributed by atoms with Crippen LogP contribution in [0, 0.1) is 0 Å². The average Bonchev–Trinajstić information content (AvgIpc) is 3.47. The molecule has 0 bridgehead atoms. The van der Waals surface area contributed by atoms with E-state index in [1.165, 1.54) is 23.3 Å². The molecule has 1 fully saturated rings. The third-order valence-electron chi connectivity index (χ3n) is 5.72. The van der Waals surface area contributed by atoms with Gasteiger partial charge in [-0.2, -0.15) is 0 Å². The number of aliphatic imine (C=N–C) groups is 1. The summed E-state index contributed by atoms with van der Waals surface area (Å²) in [6.45, 7) is 3.83. The Kier molecular flexibility index (Phi) is 8.54. The van der Waals surface area contributed by atoms with E-state index >= 15 is 0 Å². The standard InChI is InChI=1S/C23H35N5OS/c1-24-23(26-17-20(27(2)3)22-12-9-15-30-22)25-16-19(28-13-7-8-14-28)18-10-5-6-11-21(18)29-4/h5-6,9-12,15,19-20H,7-8,13-14,16-17H2,1-4H3,(H2,24,25,26). The SMILES string of the molecule is CN=C(NCC(c1cccs1)N(C)C)NCC(c1ccccc1OC)N1CCCC1. The summed E-state index contributed by atoms with van der Waals surface area (Å²) in [7, 11) is 7.82. The summed E-state index contributed by atoms with van der Waals surface area (Å²) in [5.41, 5.74) is 1.23. The van der Waals surface area contributed by atoms with E-state index in [0.29, 0.717) is 6.04 Å². The van der Waals surface area contributed by atoms with E-state index in [1.54, 1.807) is 18.4 Å². The van der Waals surface area contributed by atoms with Crippen LogP contribution in [-0.4, -0.2) is 70.2 Å². The van der Waals surface area contributed by atoms with Gasteiger partial charge in [0.25, 0.3) is 0 Å². The van der Waals surface area contributed by atoms with E-state index in [-0.39, 0.29) is 6.04 Å². The van der Waals surface area contributed by atoms with Gasteiger partial charge in [0.1, 0.15) is 5.75 Å². The maximum atomic E-state index is 5.66. The lowest BCUT2D eigenvalue weighted by Crippen LogP contribution is -2.45. The van der Waals surface area contributed by atoms with E-state index in [0.717, 1.165) is 37.9 Å². The molecular weight excluding hydrogens is 394 g/mol. The van der Waals surface area contributed by atoms with Crippen LogP contribution in [0.4, 0.5) is 0 Å². The number of methoxy groups -OCH3 is 1. The molecule has 0 amide bonds. The number of ether oxygens (including phenoxy) is 1. The van der Waals surface area contributed by atoms with Gasteiger partial charge in [0, 0.05) is 30.6 Å². The van der Waals surface area contributed by atoms with Gasteiger partial charge in [-0.05, 0) is 57.5 Å². The smallest absolute Gasteiger partial charge is 0.191 e. The van der Waals surface area contributed by atoms with Gasteiger partial charge in [-0.3, -0.25) is 9.89 Å². The Labute approximate surface area is 184 Å². The highest BCUT2D eigenvalue weighted by atomic mass is 32.1. The van der Waals surface area contributed by atoms with Crippen molar-refractivity contribution >= 4 is 17.3 Å². The maximum absolute atomic E-state index is 5.66. The van der Waals surface area contributed by atoms with Crippen LogP contribution >= 0.6 is 11.3 Å². The first-order chi connectivity index (χ1) is 14.6. The normalized spacial score (nSPS) is 17.2. The number of thiophene rings is 1. The van der Waals surface area contributed by atoms with Crippen molar-refractivity contribution in [3.63, 3.8) is 0 Å². The zero-order valence-electron chi connectivity index (χ0n) is 18.6. The molecule has 1 aliphatic rings. The predicted octanol–water partition coefficient (Wildman–Crippen LogP) is 3.36. The second-order valence-corrected chi connectivity index (χ2v) is 8.81. The molecule has 2 atom stereocenters. The molecule has 1 saturated heterocycles. The summed E-state index contributed by atoms with van der Waals surface area (Å²) >= 11 is 1.79. The molecule has 2 N–H and O–H groups in total. The predicted molar refractivity (Wildman–Crippen MR) is 127 cm³/mol. The van der Waals surface area contributed by atoms with Gasteiger partial charge >= 0.3 is 0 Å². The molecule has 30 heavy (non-hydrogen) atoms. The number of likely N-dealkylation sites (tertiary alicyclic amines) is 1. The third kappa shape index (κ3) is 5.74. The molecule has 3 rings (SSSR count). The van der Waals surface area contributed by atoms with Crippen LogP contribution in [0.1, 0.15) is 35.4 Å². The Morgan fingerprint density at radius 3 is 2.50 bits per heavy atom. The molecule has 1 aromatic heterocycles. The summed E-state index contributed by atoms with van der Waals surface area (Å²) < 4.78 is 5.66. The van der Waals surface area contributed by atoms with Gasteiger partial charge in [-0.25, -0.2) is 0 Å². The number of hydrogen-bond acceptors (Lipinski definition) is 5. The largest absolute Gasteiger partial charge is 0.496 e. The molecule has 0 aliphatic carbocycles. The van der Waals surface area contributed by atoms with Gasteiger partial charge in [0.15, 0.2) is 5.96 Å². The Bertz CT molecular complexity index is 787. The molecule has 2 aromatic rings. The highest BCUT2D eigenvalue weighted by molar-refractivity contribution is 7.10. The molecule has 0 spiro atoms. The quantitative estimate of drug-likeness (QED) is 0.473. The van der Waals surface area contributed by atoms with Crippen LogP contribution in [0.25, 0.3) is 0 Å². The number of nitrogens with one attached hydrogen (secondary N) is 2. The van der Waals surface area contributed by atoms with Gasteiger partial charge in [-0.1, -0.05) is 24.3 Å². The van der Waals surface area contributed by atoms with E-state index in [9.17, 15) is 0 Å². The first kappa shape index (κ1) is 22.6. The minimum absolute atomic E-state index is 0.254. The third-order valence-corrected chi connectivity index (χ3v) is 6.70. The van der Waals surface area contributed by atoms with Crippen molar-refractivity contribution in [2.45, 2.75) is 24.9 Å². The van der Waals surface area contributed by atoms with Gasteiger partial charge in [0.2, 0.25) is 0 Å². The topological polar surface area (TPSA) is 52.1 Å². The Morgan fingerprint density at radius 1 is 1.13 bits per heavy atom. The fourth-order valence-electron chi connectivity index (χ4n) is 4.06. The van der Waals surface area contributed by atoms with E-state index in [4.69, 9.17) is 4.74 Å². The number of benzene rings is 1. The molecule has 6 nitrogen and oxygen atoms in total. The first-order valence-corrected chi connectivity index (χ1v) is 11.5. The molecule has 1 aliphatic heterocycles. The van der Waals surface area contributed by atoms with Crippen molar-refractivity contribution in [1.82, 2.24) is 20.4 Å². The minimum atomic E-state index is 0.254. The molecule has 7 heteroatoms. The lowest BCUT2D eigenvalue weighted by atomic mass is 10.0. The van der Waals surface area contributed by atoms with Crippen LogP contribution in [-0.2, 0) is 0 Å². The highest BCUT2D eigenvalue weighted by Gasteiger charge is 2.26. The number of likely N-dealkylation sites (N-methyl/N-ethyl adjacent to an activating group) is 1. The molecule has 0 saturated carbocycles. The van der Waals surface area contributed by atoms with Crippen molar-refractivity contribution in [3.05, 3.63) is 52.2 Å².